The lowest BCUT2D eigenvalue weighted by Gasteiger charge is -2.30. The van der Waals surface area contributed by atoms with Crippen molar-refractivity contribution in [3.05, 3.63) is 0 Å². The molecule has 2 fully saturated rings. The topological polar surface area (TPSA) is 261 Å². The van der Waals surface area contributed by atoms with Crippen molar-refractivity contribution >= 4 is 53.2 Å². The van der Waals surface area contributed by atoms with E-state index in [1.54, 1.807) is 20.8 Å². The van der Waals surface area contributed by atoms with E-state index in [0.29, 0.717) is 19.3 Å². The van der Waals surface area contributed by atoms with Crippen LogP contribution in [0.2, 0.25) is 0 Å². The quantitative estimate of drug-likeness (QED) is 0.139. The molecular formula is C28H44N8O10. The lowest BCUT2D eigenvalue weighted by atomic mass is 9.97. The monoisotopic (exact) mass is 652 g/mol. The number of fused-ring (bicyclic) bond motifs is 1. The molecule has 8 N–H and O–H groups in total. The van der Waals surface area contributed by atoms with Gasteiger partial charge in [0.2, 0.25) is 47.3 Å². The summed E-state index contributed by atoms with van der Waals surface area (Å²) < 4.78 is 0. The third kappa shape index (κ3) is 11.6. The van der Waals surface area contributed by atoms with Gasteiger partial charge in [-0.15, -0.1) is 0 Å². The summed E-state index contributed by atoms with van der Waals surface area (Å²) in [6.45, 7) is 3.13. The van der Waals surface area contributed by atoms with Crippen LogP contribution in [0.5, 0.6) is 0 Å². The van der Waals surface area contributed by atoms with Crippen LogP contribution >= 0.6 is 0 Å². The number of nitrogens with zero attached hydrogens (tertiary/aromatic N) is 1. The zero-order valence-electron chi connectivity index (χ0n) is 26.2. The Morgan fingerprint density at radius 3 is 1.85 bits per heavy atom. The minimum absolute atomic E-state index is 0.0896. The number of hydrogen-bond donors (Lipinski definition) is 8. The van der Waals surface area contributed by atoms with Gasteiger partial charge in [0.05, 0.1) is 32.6 Å². The molecule has 18 nitrogen and oxygen atoms in total. The van der Waals surface area contributed by atoms with Crippen molar-refractivity contribution in [2.24, 2.45) is 5.92 Å². The SMILES string of the molecule is CCCC1NC(=O)CNC(=O)CNC(=O)[C@H](C(C)CC)NC(=O)[C@@H]2CCCN2C(=O)[C@H](CC(=O)O)NC(=O)CNC(=O)CNC1=O. The molecule has 0 aliphatic carbocycles. The van der Waals surface area contributed by atoms with Crippen LogP contribution in [0.15, 0.2) is 0 Å². The summed E-state index contributed by atoms with van der Waals surface area (Å²) in [6.07, 6.45) is 0.978. The fourth-order valence-electron chi connectivity index (χ4n) is 4.93. The molecule has 0 bridgehead atoms. The normalized spacial score (nSPS) is 25.8. The van der Waals surface area contributed by atoms with Crippen LogP contribution in [-0.4, -0.2) is 120 Å². The molecule has 5 atom stereocenters. The highest BCUT2D eigenvalue weighted by Gasteiger charge is 2.40. The summed E-state index contributed by atoms with van der Waals surface area (Å²) in [5.41, 5.74) is 0. The number of nitrogens with one attached hydrogen (secondary N) is 7. The second-order valence-electron chi connectivity index (χ2n) is 11.2. The maximum Gasteiger partial charge on any atom is 0.305 e. The van der Waals surface area contributed by atoms with E-state index in [1.165, 1.54) is 0 Å². The number of carboxylic acid groups (broad SMARTS) is 1. The Bertz CT molecular complexity index is 1190. The standard InChI is InChI=1S/C28H44N8O10/c1-4-7-16-25(43)31-11-19(37)30-14-22(40)34-17(10-23(41)42)28(46)36-9-6-8-18(36)26(44)35-24(15(3)5-2)27(45)32-12-20(38)29-13-21(39)33-16/h15-18,24H,4-14H2,1-3H3,(H,29,38)(H,30,37)(H,31,43)(H,32,45)(H,33,39)(H,34,40)(H,35,44)(H,41,42)/t15?,16?,17-,18-,24-/m0/s1. The van der Waals surface area contributed by atoms with Crippen molar-refractivity contribution in [3.8, 4) is 0 Å². The molecule has 18 heteroatoms. The highest BCUT2D eigenvalue weighted by atomic mass is 16.4. The Morgan fingerprint density at radius 1 is 0.761 bits per heavy atom. The van der Waals surface area contributed by atoms with E-state index < -0.39 is 116 Å². The fourth-order valence-corrected chi connectivity index (χ4v) is 4.93. The fraction of sp³-hybridized carbons (Fsp3) is 0.679. The van der Waals surface area contributed by atoms with Crippen molar-refractivity contribution in [2.45, 2.75) is 83.5 Å². The molecule has 0 aromatic carbocycles. The van der Waals surface area contributed by atoms with Gasteiger partial charge in [0.15, 0.2) is 0 Å². The molecule has 46 heavy (non-hydrogen) atoms. The number of amides is 8. The zero-order valence-corrected chi connectivity index (χ0v) is 26.2. The zero-order chi connectivity index (χ0) is 34.4. The van der Waals surface area contributed by atoms with E-state index in [0.717, 1.165) is 4.90 Å². The molecule has 2 saturated heterocycles. The van der Waals surface area contributed by atoms with Crippen molar-refractivity contribution in [1.29, 1.82) is 0 Å². The first-order chi connectivity index (χ1) is 21.8. The molecule has 0 spiro atoms. The van der Waals surface area contributed by atoms with Crippen LogP contribution in [0.4, 0.5) is 0 Å². The maximum absolute atomic E-state index is 13.4. The lowest BCUT2D eigenvalue weighted by molar-refractivity contribution is -0.146. The van der Waals surface area contributed by atoms with Crippen LogP contribution in [-0.2, 0) is 43.2 Å². The summed E-state index contributed by atoms with van der Waals surface area (Å²) in [4.78, 5) is 115. The molecule has 2 unspecified atom stereocenters. The second-order valence-corrected chi connectivity index (χ2v) is 11.2. The molecular weight excluding hydrogens is 608 g/mol. The Labute approximate surface area is 265 Å². The van der Waals surface area contributed by atoms with Crippen molar-refractivity contribution in [3.63, 3.8) is 0 Å². The predicted octanol–water partition coefficient (Wildman–Crippen LogP) is -3.77. The van der Waals surface area contributed by atoms with E-state index in [1.807, 2.05) is 0 Å². The highest BCUT2D eigenvalue weighted by molar-refractivity contribution is 5.98. The van der Waals surface area contributed by atoms with E-state index in [9.17, 15) is 48.3 Å². The van der Waals surface area contributed by atoms with Gasteiger partial charge in [0, 0.05) is 6.54 Å². The number of rotatable bonds is 6. The van der Waals surface area contributed by atoms with Crippen LogP contribution in [0.3, 0.4) is 0 Å². The van der Waals surface area contributed by atoms with Crippen LogP contribution < -0.4 is 37.2 Å². The van der Waals surface area contributed by atoms with Gasteiger partial charge < -0.3 is 47.2 Å². The van der Waals surface area contributed by atoms with E-state index in [-0.39, 0.29) is 19.4 Å². The smallest absolute Gasteiger partial charge is 0.305 e. The van der Waals surface area contributed by atoms with E-state index in [4.69, 9.17) is 0 Å². The summed E-state index contributed by atoms with van der Waals surface area (Å²) >= 11 is 0. The number of carboxylic acids is 1. The van der Waals surface area contributed by atoms with Crippen molar-refractivity contribution < 1.29 is 48.3 Å². The van der Waals surface area contributed by atoms with Gasteiger partial charge >= 0.3 is 5.97 Å². The van der Waals surface area contributed by atoms with Gasteiger partial charge in [0.1, 0.15) is 24.2 Å². The number of aliphatic carboxylic acids is 1. The first-order valence-corrected chi connectivity index (χ1v) is 15.3. The van der Waals surface area contributed by atoms with E-state index >= 15 is 0 Å². The first kappa shape index (κ1) is 37.4. The third-order valence-corrected chi connectivity index (χ3v) is 7.61. The molecule has 2 rings (SSSR count). The largest absolute Gasteiger partial charge is 0.481 e. The van der Waals surface area contributed by atoms with Crippen LogP contribution in [0.25, 0.3) is 0 Å². The lowest BCUT2D eigenvalue weighted by Crippen LogP contribution is -2.58. The Morgan fingerprint density at radius 2 is 1.30 bits per heavy atom. The van der Waals surface area contributed by atoms with Gasteiger partial charge in [-0.05, 0) is 25.2 Å². The molecule has 0 radical (unpaired) electrons. The van der Waals surface area contributed by atoms with Gasteiger partial charge in [-0.2, -0.15) is 0 Å². The van der Waals surface area contributed by atoms with Crippen LogP contribution in [0.1, 0.15) is 59.3 Å². The maximum atomic E-state index is 13.4. The molecule has 8 amide bonds. The van der Waals surface area contributed by atoms with E-state index in [2.05, 4.69) is 37.2 Å². The number of carbonyl (C=O) groups is 9. The molecule has 0 aromatic heterocycles. The summed E-state index contributed by atoms with van der Waals surface area (Å²) in [6, 6.07) is -4.76. The predicted molar refractivity (Wildman–Crippen MR) is 159 cm³/mol. The molecule has 2 aliphatic heterocycles. The van der Waals surface area contributed by atoms with Gasteiger partial charge in [-0.25, -0.2) is 0 Å². The first-order valence-electron chi connectivity index (χ1n) is 15.3. The van der Waals surface area contributed by atoms with Gasteiger partial charge in [0.25, 0.3) is 0 Å². The van der Waals surface area contributed by atoms with Crippen LogP contribution in [0, 0.1) is 5.92 Å². The molecule has 0 saturated carbocycles. The molecule has 256 valence electrons. The van der Waals surface area contributed by atoms with Crippen molar-refractivity contribution in [2.75, 3.05) is 32.7 Å². The number of carbonyl (C=O) groups excluding carboxylic acids is 8. The molecule has 0 aromatic rings. The molecule has 2 aliphatic rings. The summed E-state index contributed by atoms with van der Waals surface area (Å²) in [5, 5.41) is 26.2. The number of hydrogen-bond acceptors (Lipinski definition) is 9. The molecule has 2 heterocycles. The minimum Gasteiger partial charge on any atom is -0.481 e. The average molecular weight is 653 g/mol. The second kappa shape index (κ2) is 18.3. The average Bonchev–Trinajstić information content (AvgIpc) is 3.51. The Hall–Kier alpha value is -4.77. The summed E-state index contributed by atoms with van der Waals surface area (Å²) in [7, 11) is 0. The van der Waals surface area contributed by atoms with Gasteiger partial charge in [-0.1, -0.05) is 33.6 Å². The Balaban J connectivity index is 2.32. The Kier molecular flexibility index (Phi) is 14.9. The van der Waals surface area contributed by atoms with Crippen molar-refractivity contribution in [1.82, 2.24) is 42.1 Å². The van der Waals surface area contributed by atoms with Gasteiger partial charge in [-0.3, -0.25) is 43.2 Å². The summed E-state index contributed by atoms with van der Waals surface area (Å²) in [5.74, 6) is -7.71. The highest BCUT2D eigenvalue weighted by Crippen LogP contribution is 2.20. The third-order valence-electron chi connectivity index (χ3n) is 7.61. The minimum atomic E-state index is -1.56.